The second-order valence-electron chi connectivity index (χ2n) is 4.12. The zero-order valence-electron chi connectivity index (χ0n) is 9.76. The zero-order valence-corrected chi connectivity index (χ0v) is 9.76. The Bertz CT molecular complexity index is 502. The van der Waals surface area contributed by atoms with E-state index in [9.17, 15) is 4.79 Å². The molecule has 0 amide bonds. The van der Waals surface area contributed by atoms with Crippen LogP contribution in [0.1, 0.15) is 27.5 Å². The summed E-state index contributed by atoms with van der Waals surface area (Å²) in [4.78, 5) is 12.1. The maximum absolute atomic E-state index is 12.1. The molecule has 0 saturated heterocycles. The van der Waals surface area contributed by atoms with Crippen molar-refractivity contribution >= 4 is 5.78 Å². The van der Waals surface area contributed by atoms with Gasteiger partial charge in [0, 0.05) is 5.56 Å². The average Bonchev–Trinajstić information content (AvgIpc) is 2.39. The van der Waals surface area contributed by atoms with E-state index in [0.29, 0.717) is 5.56 Å². The van der Waals surface area contributed by atoms with E-state index in [1.54, 1.807) is 0 Å². The van der Waals surface area contributed by atoms with Crippen LogP contribution in [0.3, 0.4) is 0 Å². The largest absolute Gasteiger partial charge is 0.318 e. The summed E-state index contributed by atoms with van der Waals surface area (Å²) < 4.78 is 0. The van der Waals surface area contributed by atoms with Gasteiger partial charge in [-0.05, 0) is 12.5 Å². The molecule has 0 fully saturated rings. The van der Waals surface area contributed by atoms with E-state index in [4.69, 9.17) is 5.73 Å². The summed E-state index contributed by atoms with van der Waals surface area (Å²) in [6.07, 6.45) is 0. The fourth-order valence-electron chi connectivity index (χ4n) is 1.71. The van der Waals surface area contributed by atoms with Crippen molar-refractivity contribution in [2.24, 2.45) is 5.73 Å². The van der Waals surface area contributed by atoms with Crippen LogP contribution in [0.5, 0.6) is 0 Å². The molecule has 0 radical (unpaired) electrons. The van der Waals surface area contributed by atoms with Crippen LogP contribution in [-0.4, -0.2) is 5.78 Å². The first-order valence-electron chi connectivity index (χ1n) is 5.60. The van der Waals surface area contributed by atoms with Gasteiger partial charge < -0.3 is 5.73 Å². The van der Waals surface area contributed by atoms with Gasteiger partial charge in [-0.2, -0.15) is 0 Å². The number of ketones is 1. The van der Waals surface area contributed by atoms with Crippen LogP contribution < -0.4 is 5.73 Å². The third-order valence-electron chi connectivity index (χ3n) is 2.78. The van der Waals surface area contributed by atoms with Crippen LogP contribution in [0, 0.1) is 6.92 Å². The fraction of sp³-hybridized carbons (Fsp3) is 0.133. The Morgan fingerprint density at radius 3 is 2.18 bits per heavy atom. The van der Waals surface area contributed by atoms with Crippen molar-refractivity contribution in [2.45, 2.75) is 13.0 Å². The molecule has 2 heteroatoms. The number of nitrogens with two attached hydrogens (primary N) is 1. The summed E-state index contributed by atoms with van der Waals surface area (Å²) in [6.45, 7) is 1.99. The number of hydrogen-bond acceptors (Lipinski definition) is 2. The van der Waals surface area contributed by atoms with Gasteiger partial charge in [0.25, 0.3) is 0 Å². The number of benzene rings is 2. The molecule has 0 saturated carbocycles. The second-order valence-corrected chi connectivity index (χ2v) is 4.12. The first-order valence-corrected chi connectivity index (χ1v) is 5.60. The predicted molar refractivity (Wildman–Crippen MR) is 68.9 cm³/mol. The molecule has 1 atom stereocenters. The highest BCUT2D eigenvalue weighted by molar-refractivity contribution is 6.00. The lowest BCUT2D eigenvalue weighted by molar-refractivity contribution is 0.0961. The van der Waals surface area contributed by atoms with E-state index < -0.39 is 6.04 Å². The molecule has 2 N–H and O–H groups in total. The molecule has 2 aromatic rings. The molecule has 0 aromatic heterocycles. The molecule has 86 valence electrons. The molecule has 17 heavy (non-hydrogen) atoms. The SMILES string of the molecule is Cc1ccc(C(=O)C(N)c2ccccc2)cc1. The van der Waals surface area contributed by atoms with Crippen molar-refractivity contribution < 1.29 is 4.79 Å². The summed E-state index contributed by atoms with van der Waals surface area (Å²) in [7, 11) is 0. The van der Waals surface area contributed by atoms with Gasteiger partial charge in [-0.25, -0.2) is 0 Å². The second kappa shape index (κ2) is 4.93. The van der Waals surface area contributed by atoms with Crippen molar-refractivity contribution in [2.75, 3.05) is 0 Å². The number of Topliss-reactive ketones (excluding diaryl/α,β-unsaturated/α-hetero) is 1. The highest BCUT2D eigenvalue weighted by Crippen LogP contribution is 2.16. The van der Waals surface area contributed by atoms with Crippen molar-refractivity contribution in [1.29, 1.82) is 0 Å². The van der Waals surface area contributed by atoms with Crippen LogP contribution in [0.15, 0.2) is 54.6 Å². The Morgan fingerprint density at radius 1 is 1.00 bits per heavy atom. The Kier molecular flexibility index (Phi) is 3.35. The van der Waals surface area contributed by atoms with E-state index in [1.807, 2.05) is 61.5 Å². The molecule has 2 aromatic carbocycles. The topological polar surface area (TPSA) is 43.1 Å². The number of aryl methyl sites for hydroxylation is 1. The molecule has 0 aliphatic carbocycles. The van der Waals surface area contributed by atoms with E-state index in [0.717, 1.165) is 11.1 Å². The summed E-state index contributed by atoms with van der Waals surface area (Å²) in [5, 5.41) is 0. The van der Waals surface area contributed by atoms with Crippen LogP contribution in [0.4, 0.5) is 0 Å². The van der Waals surface area contributed by atoms with Gasteiger partial charge in [0.2, 0.25) is 0 Å². The molecular formula is C15H15NO. The standard InChI is InChI=1S/C15H15NO/c1-11-7-9-13(10-8-11)15(17)14(16)12-5-3-2-4-6-12/h2-10,14H,16H2,1H3. The smallest absolute Gasteiger partial charge is 0.184 e. The molecule has 0 heterocycles. The number of carbonyl (C=O) groups excluding carboxylic acids is 1. The lowest BCUT2D eigenvalue weighted by Crippen LogP contribution is -2.21. The van der Waals surface area contributed by atoms with Crippen LogP contribution >= 0.6 is 0 Å². The van der Waals surface area contributed by atoms with Crippen molar-refractivity contribution in [3.8, 4) is 0 Å². The highest BCUT2D eigenvalue weighted by atomic mass is 16.1. The molecular weight excluding hydrogens is 210 g/mol. The van der Waals surface area contributed by atoms with Gasteiger partial charge in [0.05, 0.1) is 6.04 Å². The van der Waals surface area contributed by atoms with Crippen molar-refractivity contribution in [3.05, 3.63) is 71.3 Å². The Hall–Kier alpha value is -1.93. The van der Waals surface area contributed by atoms with Gasteiger partial charge in [0.1, 0.15) is 0 Å². The third kappa shape index (κ3) is 2.60. The van der Waals surface area contributed by atoms with Gasteiger partial charge in [-0.3, -0.25) is 4.79 Å². The summed E-state index contributed by atoms with van der Waals surface area (Å²) >= 11 is 0. The minimum atomic E-state index is -0.584. The van der Waals surface area contributed by atoms with Gasteiger partial charge >= 0.3 is 0 Å². The van der Waals surface area contributed by atoms with Gasteiger partial charge in [0.15, 0.2) is 5.78 Å². The molecule has 0 aliphatic heterocycles. The minimum absolute atomic E-state index is 0.0452. The molecule has 2 rings (SSSR count). The minimum Gasteiger partial charge on any atom is -0.318 e. The first-order chi connectivity index (χ1) is 8.18. The number of hydrogen-bond donors (Lipinski definition) is 1. The zero-order chi connectivity index (χ0) is 12.3. The van der Waals surface area contributed by atoms with Gasteiger partial charge in [-0.1, -0.05) is 60.2 Å². The molecule has 0 aliphatic rings. The first kappa shape index (κ1) is 11.6. The highest BCUT2D eigenvalue weighted by Gasteiger charge is 2.16. The molecule has 0 bridgehead atoms. The van der Waals surface area contributed by atoms with Crippen LogP contribution in [0.2, 0.25) is 0 Å². The lowest BCUT2D eigenvalue weighted by atomic mass is 9.98. The summed E-state index contributed by atoms with van der Waals surface area (Å²) in [5.74, 6) is -0.0452. The maximum atomic E-state index is 12.1. The van der Waals surface area contributed by atoms with E-state index in [-0.39, 0.29) is 5.78 Å². The van der Waals surface area contributed by atoms with E-state index >= 15 is 0 Å². The lowest BCUT2D eigenvalue weighted by Gasteiger charge is -2.10. The van der Waals surface area contributed by atoms with Crippen LogP contribution in [-0.2, 0) is 0 Å². The summed E-state index contributed by atoms with van der Waals surface area (Å²) in [5.41, 5.74) is 8.60. The number of carbonyl (C=O) groups is 1. The monoisotopic (exact) mass is 225 g/mol. The quantitative estimate of drug-likeness (QED) is 0.816. The number of rotatable bonds is 3. The maximum Gasteiger partial charge on any atom is 0.184 e. The fourth-order valence-corrected chi connectivity index (χ4v) is 1.71. The van der Waals surface area contributed by atoms with E-state index in [2.05, 4.69) is 0 Å². The molecule has 0 spiro atoms. The summed E-state index contributed by atoms with van der Waals surface area (Å²) in [6, 6.07) is 16.3. The van der Waals surface area contributed by atoms with E-state index in [1.165, 1.54) is 0 Å². The Labute approximate surface area is 101 Å². The normalized spacial score (nSPS) is 12.1. The van der Waals surface area contributed by atoms with Gasteiger partial charge in [-0.15, -0.1) is 0 Å². The Morgan fingerprint density at radius 2 is 1.59 bits per heavy atom. The molecule has 2 nitrogen and oxygen atoms in total. The van der Waals surface area contributed by atoms with Crippen LogP contribution in [0.25, 0.3) is 0 Å². The van der Waals surface area contributed by atoms with Crippen molar-refractivity contribution in [1.82, 2.24) is 0 Å². The Balaban J connectivity index is 2.23. The average molecular weight is 225 g/mol. The van der Waals surface area contributed by atoms with Crippen molar-refractivity contribution in [3.63, 3.8) is 0 Å². The third-order valence-corrected chi connectivity index (χ3v) is 2.78. The molecule has 1 unspecified atom stereocenters. The predicted octanol–water partition coefficient (Wildman–Crippen LogP) is 2.88.